The summed E-state index contributed by atoms with van der Waals surface area (Å²) in [5.74, 6) is -0.632. The minimum Gasteiger partial charge on any atom is -0.452 e. The van der Waals surface area contributed by atoms with Crippen molar-refractivity contribution < 1.29 is 18.5 Å². The fraction of sp³-hybridized carbons (Fsp3) is 0.263. The molecule has 0 aliphatic rings. The summed E-state index contributed by atoms with van der Waals surface area (Å²) < 4.78 is 17.0. The number of hydrogen-bond acceptors (Lipinski definition) is 4. The van der Waals surface area contributed by atoms with Crippen molar-refractivity contribution in [3.63, 3.8) is 0 Å². The van der Waals surface area contributed by atoms with Crippen LogP contribution in [-0.2, 0) is 26.9 Å². The summed E-state index contributed by atoms with van der Waals surface area (Å²) >= 11 is 0. The molecule has 0 fully saturated rings. The molecule has 0 spiro atoms. The van der Waals surface area contributed by atoms with Crippen LogP contribution in [0.1, 0.15) is 28.4 Å². The van der Waals surface area contributed by atoms with Gasteiger partial charge in [0.05, 0.1) is 21.3 Å². The summed E-state index contributed by atoms with van der Waals surface area (Å²) in [5, 5.41) is 2.70. The summed E-state index contributed by atoms with van der Waals surface area (Å²) in [6.45, 7) is 3.76. The molecule has 1 amide bonds. The smallest absolute Gasteiger partial charge is 0.339 e. The summed E-state index contributed by atoms with van der Waals surface area (Å²) in [7, 11) is -1.27. The molecule has 0 aromatic heterocycles. The van der Waals surface area contributed by atoms with Gasteiger partial charge in [0.15, 0.2) is 6.61 Å². The lowest BCUT2D eigenvalue weighted by molar-refractivity contribution is -0.124. The molecule has 25 heavy (non-hydrogen) atoms. The molecule has 0 aliphatic carbocycles. The van der Waals surface area contributed by atoms with Gasteiger partial charge < -0.3 is 10.1 Å². The Morgan fingerprint density at radius 2 is 1.76 bits per heavy atom. The van der Waals surface area contributed by atoms with E-state index in [1.807, 2.05) is 31.2 Å². The highest BCUT2D eigenvalue weighted by molar-refractivity contribution is 7.85. The second-order valence-electron chi connectivity index (χ2n) is 5.47. The van der Waals surface area contributed by atoms with Crippen LogP contribution in [0.25, 0.3) is 0 Å². The van der Waals surface area contributed by atoms with Crippen LogP contribution in [-0.4, -0.2) is 28.4 Å². The summed E-state index contributed by atoms with van der Waals surface area (Å²) in [5.41, 5.74) is 2.34. The van der Waals surface area contributed by atoms with E-state index in [1.54, 1.807) is 31.2 Å². The molecule has 0 bridgehead atoms. The lowest BCUT2D eigenvalue weighted by atomic mass is 10.1. The minimum atomic E-state index is -1.27. The first-order valence-electron chi connectivity index (χ1n) is 7.98. The van der Waals surface area contributed by atoms with Gasteiger partial charge in [-0.3, -0.25) is 9.00 Å². The first-order valence-corrected chi connectivity index (χ1v) is 9.30. The maximum absolute atomic E-state index is 12.2. The number of esters is 1. The molecule has 2 rings (SSSR count). The third-order valence-electron chi connectivity index (χ3n) is 3.56. The average Bonchev–Trinajstić information content (AvgIpc) is 2.65. The molecule has 0 saturated heterocycles. The Balaban J connectivity index is 1.88. The lowest BCUT2D eigenvalue weighted by Gasteiger charge is -2.09. The van der Waals surface area contributed by atoms with E-state index in [9.17, 15) is 13.8 Å². The van der Waals surface area contributed by atoms with Crippen molar-refractivity contribution in [2.45, 2.75) is 25.3 Å². The van der Waals surface area contributed by atoms with Crippen molar-refractivity contribution in [1.29, 1.82) is 0 Å². The zero-order valence-corrected chi connectivity index (χ0v) is 15.1. The Labute approximate surface area is 149 Å². The van der Waals surface area contributed by atoms with Gasteiger partial charge in [-0.15, -0.1) is 0 Å². The van der Waals surface area contributed by atoms with Gasteiger partial charge in [0.25, 0.3) is 5.91 Å². The van der Waals surface area contributed by atoms with Crippen molar-refractivity contribution >= 4 is 22.7 Å². The second-order valence-corrected chi connectivity index (χ2v) is 7.18. The molecule has 0 radical (unpaired) electrons. The zero-order chi connectivity index (χ0) is 18.2. The predicted molar refractivity (Wildman–Crippen MR) is 96.7 cm³/mol. The third-order valence-corrected chi connectivity index (χ3v) is 4.93. The third kappa shape index (κ3) is 5.53. The zero-order valence-electron chi connectivity index (χ0n) is 14.3. The van der Waals surface area contributed by atoms with Crippen molar-refractivity contribution in [3.05, 3.63) is 65.2 Å². The van der Waals surface area contributed by atoms with E-state index in [4.69, 9.17) is 4.74 Å². The molecule has 1 N–H and O–H groups in total. The van der Waals surface area contributed by atoms with E-state index >= 15 is 0 Å². The molecule has 0 unspecified atom stereocenters. The van der Waals surface area contributed by atoms with Crippen LogP contribution in [0.2, 0.25) is 0 Å². The number of aryl methyl sites for hydroxylation is 1. The van der Waals surface area contributed by atoms with Gasteiger partial charge in [0.2, 0.25) is 0 Å². The van der Waals surface area contributed by atoms with Crippen molar-refractivity contribution in [2.24, 2.45) is 0 Å². The first-order chi connectivity index (χ1) is 12.0. The van der Waals surface area contributed by atoms with E-state index in [2.05, 4.69) is 5.32 Å². The standard InChI is InChI=1S/C19H21NO4S/c1-3-25(23)17-7-5-4-6-16(17)19(22)24-13-18(21)20-12-15-10-8-14(2)9-11-15/h4-11H,3,12-13H2,1-2H3,(H,20,21)/t25-/m1/s1. The highest BCUT2D eigenvalue weighted by atomic mass is 32.2. The quantitative estimate of drug-likeness (QED) is 0.771. The van der Waals surface area contributed by atoms with Crippen LogP contribution in [0.4, 0.5) is 0 Å². The molecular formula is C19H21NO4S. The molecule has 1 atom stereocenters. The number of rotatable bonds is 7. The highest BCUT2D eigenvalue weighted by Gasteiger charge is 2.17. The van der Waals surface area contributed by atoms with Crippen LogP contribution >= 0.6 is 0 Å². The molecule has 0 heterocycles. The number of carbonyl (C=O) groups is 2. The van der Waals surface area contributed by atoms with Gasteiger partial charge in [0, 0.05) is 12.3 Å². The van der Waals surface area contributed by atoms with E-state index in [-0.39, 0.29) is 18.1 Å². The van der Waals surface area contributed by atoms with Crippen molar-refractivity contribution in [2.75, 3.05) is 12.4 Å². The Hall–Kier alpha value is -2.47. The summed E-state index contributed by atoms with van der Waals surface area (Å²) in [6.07, 6.45) is 0. The molecule has 0 saturated carbocycles. The maximum Gasteiger partial charge on any atom is 0.339 e. The monoisotopic (exact) mass is 359 g/mol. The Morgan fingerprint density at radius 3 is 2.44 bits per heavy atom. The molecule has 6 heteroatoms. The van der Waals surface area contributed by atoms with Crippen LogP contribution in [0.15, 0.2) is 53.4 Å². The minimum absolute atomic E-state index is 0.231. The lowest BCUT2D eigenvalue weighted by Crippen LogP contribution is -2.28. The molecular weight excluding hydrogens is 338 g/mol. The highest BCUT2D eigenvalue weighted by Crippen LogP contribution is 2.15. The topological polar surface area (TPSA) is 72.5 Å². The van der Waals surface area contributed by atoms with Gasteiger partial charge in [-0.2, -0.15) is 0 Å². The Kier molecular flexibility index (Phi) is 6.89. The number of hydrogen-bond donors (Lipinski definition) is 1. The number of nitrogens with one attached hydrogen (secondary N) is 1. The molecule has 5 nitrogen and oxygen atoms in total. The molecule has 132 valence electrons. The fourth-order valence-electron chi connectivity index (χ4n) is 2.16. The average molecular weight is 359 g/mol. The number of benzene rings is 2. The van der Waals surface area contributed by atoms with Gasteiger partial charge >= 0.3 is 5.97 Å². The first kappa shape index (κ1) is 18.9. The predicted octanol–water partition coefficient (Wildman–Crippen LogP) is 2.60. The van der Waals surface area contributed by atoms with Crippen LogP contribution < -0.4 is 5.32 Å². The summed E-state index contributed by atoms with van der Waals surface area (Å²) in [6, 6.07) is 14.4. The normalized spacial score (nSPS) is 11.6. The van der Waals surface area contributed by atoms with E-state index in [0.29, 0.717) is 17.2 Å². The van der Waals surface area contributed by atoms with E-state index in [1.165, 1.54) is 0 Å². The molecule has 2 aromatic carbocycles. The van der Waals surface area contributed by atoms with Gasteiger partial charge in [-0.1, -0.05) is 48.9 Å². The number of ether oxygens (including phenoxy) is 1. The number of carbonyl (C=O) groups excluding carboxylic acids is 2. The Morgan fingerprint density at radius 1 is 1.08 bits per heavy atom. The van der Waals surface area contributed by atoms with Crippen LogP contribution in [0, 0.1) is 6.92 Å². The van der Waals surface area contributed by atoms with Gasteiger partial charge in [-0.05, 0) is 24.6 Å². The van der Waals surface area contributed by atoms with E-state index in [0.717, 1.165) is 11.1 Å². The Bertz CT molecular complexity index is 771. The molecule has 0 aliphatic heterocycles. The van der Waals surface area contributed by atoms with Crippen LogP contribution in [0.5, 0.6) is 0 Å². The van der Waals surface area contributed by atoms with Crippen molar-refractivity contribution in [3.8, 4) is 0 Å². The maximum atomic E-state index is 12.2. The van der Waals surface area contributed by atoms with Crippen molar-refractivity contribution in [1.82, 2.24) is 5.32 Å². The number of amides is 1. The summed E-state index contributed by atoms with van der Waals surface area (Å²) in [4.78, 5) is 24.4. The fourth-order valence-corrected chi connectivity index (χ4v) is 3.09. The molecule has 2 aromatic rings. The largest absolute Gasteiger partial charge is 0.452 e. The second kappa shape index (κ2) is 9.13. The van der Waals surface area contributed by atoms with Gasteiger partial charge in [-0.25, -0.2) is 4.79 Å². The van der Waals surface area contributed by atoms with Crippen LogP contribution in [0.3, 0.4) is 0 Å². The van der Waals surface area contributed by atoms with Gasteiger partial charge in [0.1, 0.15) is 0 Å². The van der Waals surface area contributed by atoms with E-state index < -0.39 is 16.8 Å². The SMILES string of the molecule is CC[S@@](=O)c1ccccc1C(=O)OCC(=O)NCc1ccc(C)cc1.